The molecule has 1 aliphatic rings. The number of hydrogen-bond donors (Lipinski definition) is 0. The average Bonchev–Trinajstić information content (AvgIpc) is 3.04. The SMILES string of the molecule is C[C@H]1C[C@H]1C(=O)OCc1ccnc(C#N)c1. The minimum Gasteiger partial charge on any atom is -0.461 e. The van der Waals surface area contributed by atoms with Crippen molar-refractivity contribution in [1.29, 1.82) is 5.26 Å². The Morgan fingerprint density at radius 1 is 1.75 bits per heavy atom. The number of nitrogens with zero attached hydrogens (tertiary/aromatic N) is 2. The number of aromatic nitrogens is 1. The Balaban J connectivity index is 1.90. The van der Waals surface area contributed by atoms with E-state index in [4.69, 9.17) is 10.00 Å². The van der Waals surface area contributed by atoms with Crippen LogP contribution in [0, 0.1) is 23.2 Å². The standard InChI is InChI=1S/C12H12N2O2/c1-8-4-11(8)12(15)16-7-9-2-3-14-10(5-9)6-13/h2-3,5,8,11H,4,7H2,1H3/t8-,11+/m0/s1. The fourth-order valence-electron chi connectivity index (χ4n) is 1.54. The van der Waals surface area contributed by atoms with Gasteiger partial charge in [-0.1, -0.05) is 6.92 Å². The summed E-state index contributed by atoms with van der Waals surface area (Å²) in [5.74, 6) is 0.403. The first-order valence-corrected chi connectivity index (χ1v) is 5.22. The molecule has 0 spiro atoms. The highest BCUT2D eigenvalue weighted by Gasteiger charge is 2.40. The van der Waals surface area contributed by atoms with Gasteiger partial charge in [-0.05, 0) is 30.0 Å². The van der Waals surface area contributed by atoms with Gasteiger partial charge in [0.25, 0.3) is 0 Å². The zero-order valence-corrected chi connectivity index (χ0v) is 9.01. The van der Waals surface area contributed by atoms with E-state index in [2.05, 4.69) is 4.98 Å². The molecule has 0 amide bonds. The van der Waals surface area contributed by atoms with Crippen LogP contribution < -0.4 is 0 Å². The van der Waals surface area contributed by atoms with E-state index < -0.39 is 0 Å². The van der Waals surface area contributed by atoms with Gasteiger partial charge in [-0.15, -0.1) is 0 Å². The average molecular weight is 216 g/mol. The molecule has 1 aliphatic carbocycles. The molecule has 2 rings (SSSR count). The van der Waals surface area contributed by atoms with Crippen LogP contribution in [0.1, 0.15) is 24.6 Å². The van der Waals surface area contributed by atoms with E-state index in [9.17, 15) is 4.79 Å². The van der Waals surface area contributed by atoms with Crippen LogP contribution in [0.4, 0.5) is 0 Å². The predicted molar refractivity (Wildman–Crippen MR) is 56.0 cm³/mol. The molecule has 4 nitrogen and oxygen atoms in total. The molecule has 1 aromatic rings. The van der Waals surface area contributed by atoms with Crippen LogP contribution in [0.5, 0.6) is 0 Å². The van der Waals surface area contributed by atoms with E-state index >= 15 is 0 Å². The summed E-state index contributed by atoms with van der Waals surface area (Å²) < 4.78 is 5.15. The summed E-state index contributed by atoms with van der Waals surface area (Å²) in [6.45, 7) is 2.26. The van der Waals surface area contributed by atoms with E-state index in [1.807, 2.05) is 13.0 Å². The minimum absolute atomic E-state index is 0.0808. The molecular formula is C12H12N2O2. The Kier molecular flexibility index (Phi) is 2.86. The van der Waals surface area contributed by atoms with E-state index in [-0.39, 0.29) is 18.5 Å². The lowest BCUT2D eigenvalue weighted by molar-refractivity contribution is -0.146. The number of hydrogen-bond acceptors (Lipinski definition) is 4. The first kappa shape index (κ1) is 10.6. The van der Waals surface area contributed by atoms with Crippen molar-refractivity contribution in [3.63, 3.8) is 0 Å². The summed E-state index contributed by atoms with van der Waals surface area (Å²) in [7, 11) is 0. The van der Waals surface area contributed by atoms with Gasteiger partial charge in [0.1, 0.15) is 18.4 Å². The summed E-state index contributed by atoms with van der Waals surface area (Å²) in [6.07, 6.45) is 2.47. The largest absolute Gasteiger partial charge is 0.461 e. The Morgan fingerprint density at radius 2 is 2.50 bits per heavy atom. The monoisotopic (exact) mass is 216 g/mol. The molecule has 0 saturated heterocycles. The summed E-state index contributed by atoms with van der Waals surface area (Å²) in [6, 6.07) is 5.31. The molecule has 1 aromatic heterocycles. The number of nitriles is 1. The summed E-state index contributed by atoms with van der Waals surface area (Å²) >= 11 is 0. The van der Waals surface area contributed by atoms with Crippen molar-refractivity contribution >= 4 is 5.97 Å². The maximum atomic E-state index is 11.4. The number of esters is 1. The summed E-state index contributed by atoms with van der Waals surface area (Å²) in [5, 5.41) is 8.65. The maximum absolute atomic E-state index is 11.4. The first-order chi connectivity index (χ1) is 7.70. The highest BCUT2D eigenvalue weighted by Crippen LogP contribution is 2.38. The number of carbonyl (C=O) groups is 1. The molecule has 2 atom stereocenters. The fourth-order valence-corrected chi connectivity index (χ4v) is 1.54. The van der Waals surface area contributed by atoms with Gasteiger partial charge in [-0.2, -0.15) is 5.26 Å². The predicted octanol–water partition coefficient (Wildman–Crippen LogP) is 1.65. The van der Waals surface area contributed by atoms with Crippen LogP contribution in [0.2, 0.25) is 0 Å². The lowest BCUT2D eigenvalue weighted by Crippen LogP contribution is -2.07. The van der Waals surface area contributed by atoms with E-state index in [1.54, 1.807) is 18.3 Å². The molecule has 1 fully saturated rings. The van der Waals surface area contributed by atoms with E-state index in [0.29, 0.717) is 11.6 Å². The van der Waals surface area contributed by atoms with Crippen LogP contribution in [-0.4, -0.2) is 11.0 Å². The lowest BCUT2D eigenvalue weighted by Gasteiger charge is -2.03. The van der Waals surface area contributed by atoms with Gasteiger partial charge in [-0.3, -0.25) is 4.79 Å². The van der Waals surface area contributed by atoms with E-state index in [1.165, 1.54) is 0 Å². The molecule has 16 heavy (non-hydrogen) atoms. The second kappa shape index (κ2) is 4.31. The van der Waals surface area contributed by atoms with Gasteiger partial charge < -0.3 is 4.74 Å². The third kappa shape index (κ3) is 2.37. The summed E-state index contributed by atoms with van der Waals surface area (Å²) in [4.78, 5) is 15.3. The third-order valence-corrected chi connectivity index (χ3v) is 2.73. The molecule has 0 N–H and O–H groups in total. The van der Waals surface area contributed by atoms with Crippen molar-refractivity contribution in [3.8, 4) is 6.07 Å². The highest BCUT2D eigenvalue weighted by molar-refractivity contribution is 5.75. The first-order valence-electron chi connectivity index (χ1n) is 5.22. The molecule has 82 valence electrons. The fraction of sp³-hybridized carbons (Fsp3) is 0.417. The van der Waals surface area contributed by atoms with Gasteiger partial charge in [0.15, 0.2) is 0 Å². The lowest BCUT2D eigenvalue weighted by atomic mass is 10.2. The molecule has 1 saturated carbocycles. The topological polar surface area (TPSA) is 63.0 Å². The normalized spacial score (nSPS) is 22.2. The highest BCUT2D eigenvalue weighted by atomic mass is 16.5. The number of carbonyl (C=O) groups excluding carboxylic acids is 1. The van der Waals surface area contributed by atoms with Crippen LogP contribution in [-0.2, 0) is 16.1 Å². The Labute approximate surface area is 93.9 Å². The van der Waals surface area contributed by atoms with Crippen molar-refractivity contribution in [2.24, 2.45) is 11.8 Å². The van der Waals surface area contributed by atoms with Crippen molar-refractivity contribution in [2.45, 2.75) is 20.0 Å². The maximum Gasteiger partial charge on any atom is 0.309 e. The van der Waals surface area contributed by atoms with Crippen LogP contribution in [0.15, 0.2) is 18.3 Å². The molecular weight excluding hydrogens is 204 g/mol. The molecule has 0 aliphatic heterocycles. The van der Waals surface area contributed by atoms with Gasteiger partial charge in [-0.25, -0.2) is 4.98 Å². The van der Waals surface area contributed by atoms with Crippen LogP contribution in [0.3, 0.4) is 0 Å². The Morgan fingerprint density at radius 3 is 3.12 bits per heavy atom. The molecule has 4 heteroatoms. The minimum atomic E-state index is -0.136. The molecule has 0 radical (unpaired) electrons. The molecule has 0 unspecified atom stereocenters. The molecule has 1 heterocycles. The van der Waals surface area contributed by atoms with Crippen molar-refractivity contribution < 1.29 is 9.53 Å². The zero-order valence-electron chi connectivity index (χ0n) is 9.01. The van der Waals surface area contributed by atoms with Crippen molar-refractivity contribution in [3.05, 3.63) is 29.6 Å². The van der Waals surface area contributed by atoms with Gasteiger partial charge >= 0.3 is 5.97 Å². The third-order valence-electron chi connectivity index (χ3n) is 2.73. The van der Waals surface area contributed by atoms with Gasteiger partial charge in [0.05, 0.1) is 5.92 Å². The van der Waals surface area contributed by atoms with Crippen molar-refractivity contribution in [1.82, 2.24) is 4.98 Å². The number of ether oxygens (including phenoxy) is 1. The summed E-state index contributed by atoms with van der Waals surface area (Å²) in [5.41, 5.74) is 1.14. The van der Waals surface area contributed by atoms with E-state index in [0.717, 1.165) is 12.0 Å². The van der Waals surface area contributed by atoms with Gasteiger partial charge in [0, 0.05) is 6.20 Å². The van der Waals surface area contributed by atoms with Gasteiger partial charge in [0.2, 0.25) is 0 Å². The molecule has 0 bridgehead atoms. The Hall–Kier alpha value is -1.89. The van der Waals surface area contributed by atoms with Crippen LogP contribution in [0.25, 0.3) is 0 Å². The number of rotatable bonds is 3. The number of pyridine rings is 1. The second-order valence-corrected chi connectivity index (χ2v) is 4.09. The van der Waals surface area contributed by atoms with Crippen LogP contribution >= 0.6 is 0 Å². The molecule has 0 aromatic carbocycles. The van der Waals surface area contributed by atoms with Crippen molar-refractivity contribution in [2.75, 3.05) is 0 Å². The smallest absolute Gasteiger partial charge is 0.309 e. The Bertz CT molecular complexity index is 451. The second-order valence-electron chi connectivity index (χ2n) is 4.09. The zero-order chi connectivity index (χ0) is 11.5. The quantitative estimate of drug-likeness (QED) is 0.721.